The van der Waals surface area contributed by atoms with E-state index in [9.17, 15) is 9.59 Å². The summed E-state index contributed by atoms with van der Waals surface area (Å²) < 4.78 is 10.6. The zero-order valence-electron chi connectivity index (χ0n) is 17.0. The van der Waals surface area contributed by atoms with Crippen LogP contribution >= 0.6 is 0 Å². The standard InChI is InChI=1S/C24H26N2O4/c1-2-29-20-14-12-19(13-15-20)23(18-8-4-3-5-9-18)26-22(27)11-6-16-25-24(28)21-10-7-17-30-21/h3-5,7-10,12-15,17,23H,2,6,11,16H2,1H3,(H,25,28)(H,26,27)/t23-/m1/s1. The van der Waals surface area contributed by atoms with E-state index in [1.807, 2.05) is 61.5 Å². The third kappa shape index (κ3) is 5.98. The number of ether oxygens (including phenoxy) is 1. The van der Waals surface area contributed by atoms with Crippen LogP contribution in [0.3, 0.4) is 0 Å². The van der Waals surface area contributed by atoms with Crippen molar-refractivity contribution in [2.75, 3.05) is 13.2 Å². The van der Waals surface area contributed by atoms with Gasteiger partial charge in [0.05, 0.1) is 18.9 Å². The number of rotatable bonds is 10. The van der Waals surface area contributed by atoms with Gasteiger partial charge < -0.3 is 19.8 Å². The van der Waals surface area contributed by atoms with E-state index in [1.54, 1.807) is 12.1 Å². The smallest absolute Gasteiger partial charge is 0.286 e. The van der Waals surface area contributed by atoms with Gasteiger partial charge in [-0.25, -0.2) is 0 Å². The molecule has 156 valence electrons. The molecule has 2 aromatic carbocycles. The Morgan fingerprint density at radius 2 is 1.70 bits per heavy atom. The van der Waals surface area contributed by atoms with Crippen LogP contribution in [0.5, 0.6) is 5.75 Å². The second-order valence-electron chi connectivity index (χ2n) is 6.75. The largest absolute Gasteiger partial charge is 0.494 e. The van der Waals surface area contributed by atoms with E-state index < -0.39 is 0 Å². The van der Waals surface area contributed by atoms with Gasteiger partial charge in [-0.1, -0.05) is 42.5 Å². The van der Waals surface area contributed by atoms with Gasteiger partial charge in [-0.05, 0) is 48.7 Å². The van der Waals surface area contributed by atoms with Gasteiger partial charge in [-0.15, -0.1) is 0 Å². The molecule has 0 fully saturated rings. The van der Waals surface area contributed by atoms with Gasteiger partial charge >= 0.3 is 0 Å². The van der Waals surface area contributed by atoms with Gasteiger partial charge in [0.1, 0.15) is 5.75 Å². The molecule has 0 radical (unpaired) electrons. The average molecular weight is 406 g/mol. The summed E-state index contributed by atoms with van der Waals surface area (Å²) >= 11 is 0. The van der Waals surface area contributed by atoms with Crippen molar-refractivity contribution in [2.45, 2.75) is 25.8 Å². The lowest BCUT2D eigenvalue weighted by molar-refractivity contribution is -0.121. The van der Waals surface area contributed by atoms with E-state index in [1.165, 1.54) is 6.26 Å². The topological polar surface area (TPSA) is 80.6 Å². The third-order valence-electron chi connectivity index (χ3n) is 4.57. The first kappa shape index (κ1) is 21.2. The highest BCUT2D eigenvalue weighted by Gasteiger charge is 2.17. The zero-order chi connectivity index (χ0) is 21.2. The summed E-state index contributed by atoms with van der Waals surface area (Å²) in [5.74, 6) is 0.702. The van der Waals surface area contributed by atoms with E-state index in [-0.39, 0.29) is 23.6 Å². The molecule has 0 aliphatic rings. The molecule has 0 saturated heterocycles. The minimum Gasteiger partial charge on any atom is -0.494 e. The molecule has 1 aromatic heterocycles. The SMILES string of the molecule is CCOc1ccc([C@H](NC(=O)CCCNC(=O)c2ccco2)c2ccccc2)cc1. The molecule has 2 N–H and O–H groups in total. The first-order chi connectivity index (χ1) is 14.7. The summed E-state index contributed by atoms with van der Waals surface area (Å²) in [6.45, 7) is 2.94. The molecular formula is C24H26N2O4. The molecule has 0 unspecified atom stereocenters. The number of nitrogens with one attached hydrogen (secondary N) is 2. The normalized spacial score (nSPS) is 11.5. The van der Waals surface area contributed by atoms with Gasteiger partial charge in [0, 0.05) is 13.0 Å². The van der Waals surface area contributed by atoms with Crippen LogP contribution in [0.25, 0.3) is 0 Å². The Kier molecular flexibility index (Phi) is 7.66. The van der Waals surface area contributed by atoms with Crippen molar-refractivity contribution in [2.24, 2.45) is 0 Å². The van der Waals surface area contributed by atoms with Crippen LogP contribution < -0.4 is 15.4 Å². The Labute approximate surface area is 176 Å². The van der Waals surface area contributed by atoms with Gasteiger partial charge in [0.25, 0.3) is 5.91 Å². The van der Waals surface area contributed by atoms with Crippen LogP contribution in [0.15, 0.2) is 77.4 Å². The Bertz CT molecular complexity index is 922. The van der Waals surface area contributed by atoms with Crippen LogP contribution in [0.4, 0.5) is 0 Å². The molecule has 0 spiro atoms. The zero-order valence-corrected chi connectivity index (χ0v) is 17.0. The molecule has 3 aromatic rings. The predicted octanol–water partition coefficient (Wildman–Crippen LogP) is 4.09. The minimum atomic E-state index is -0.281. The first-order valence-electron chi connectivity index (χ1n) is 10.1. The van der Waals surface area contributed by atoms with Crippen molar-refractivity contribution in [3.8, 4) is 5.75 Å². The van der Waals surface area contributed by atoms with Crippen molar-refractivity contribution < 1.29 is 18.7 Å². The predicted molar refractivity (Wildman–Crippen MR) is 114 cm³/mol. The maximum atomic E-state index is 12.6. The number of carbonyl (C=O) groups excluding carboxylic acids is 2. The minimum absolute atomic E-state index is 0.0787. The lowest BCUT2D eigenvalue weighted by atomic mass is 9.98. The first-order valence-corrected chi connectivity index (χ1v) is 10.1. The van der Waals surface area contributed by atoms with E-state index >= 15 is 0 Å². The van der Waals surface area contributed by atoms with Crippen LogP contribution in [-0.2, 0) is 4.79 Å². The average Bonchev–Trinajstić information content (AvgIpc) is 3.32. The summed E-state index contributed by atoms with van der Waals surface area (Å²) in [5.41, 5.74) is 1.98. The summed E-state index contributed by atoms with van der Waals surface area (Å²) in [4.78, 5) is 24.4. The highest BCUT2D eigenvalue weighted by molar-refractivity contribution is 5.91. The fourth-order valence-electron chi connectivity index (χ4n) is 3.11. The summed E-state index contributed by atoms with van der Waals surface area (Å²) in [6, 6.07) is 20.6. The molecule has 1 heterocycles. The highest BCUT2D eigenvalue weighted by atomic mass is 16.5. The number of hydrogen-bond acceptors (Lipinski definition) is 4. The molecule has 0 aliphatic heterocycles. The number of carbonyl (C=O) groups is 2. The molecular weight excluding hydrogens is 380 g/mol. The fourth-order valence-corrected chi connectivity index (χ4v) is 3.11. The summed E-state index contributed by atoms with van der Waals surface area (Å²) in [6.07, 6.45) is 2.29. The number of hydrogen-bond donors (Lipinski definition) is 2. The second kappa shape index (κ2) is 10.9. The van der Waals surface area contributed by atoms with Crippen molar-refractivity contribution in [1.82, 2.24) is 10.6 Å². The van der Waals surface area contributed by atoms with Crippen molar-refractivity contribution >= 4 is 11.8 Å². The van der Waals surface area contributed by atoms with Crippen molar-refractivity contribution in [3.05, 3.63) is 89.9 Å². The van der Waals surface area contributed by atoms with Crippen molar-refractivity contribution in [3.63, 3.8) is 0 Å². The van der Waals surface area contributed by atoms with Crippen LogP contribution in [0, 0.1) is 0 Å². The summed E-state index contributed by atoms with van der Waals surface area (Å²) in [7, 11) is 0. The van der Waals surface area contributed by atoms with Crippen molar-refractivity contribution in [1.29, 1.82) is 0 Å². The lowest BCUT2D eigenvalue weighted by Crippen LogP contribution is -2.30. The lowest BCUT2D eigenvalue weighted by Gasteiger charge is -2.20. The molecule has 6 nitrogen and oxygen atoms in total. The Morgan fingerprint density at radius 3 is 2.37 bits per heavy atom. The molecule has 6 heteroatoms. The number of amides is 2. The van der Waals surface area contributed by atoms with Crippen LogP contribution in [-0.4, -0.2) is 25.0 Å². The van der Waals surface area contributed by atoms with Crippen LogP contribution in [0.2, 0.25) is 0 Å². The molecule has 1 atom stereocenters. The fraction of sp³-hybridized carbons (Fsp3) is 0.250. The molecule has 0 bridgehead atoms. The van der Waals surface area contributed by atoms with E-state index in [2.05, 4.69) is 10.6 Å². The highest BCUT2D eigenvalue weighted by Crippen LogP contribution is 2.24. The number of furan rings is 1. The van der Waals surface area contributed by atoms with Gasteiger partial charge in [-0.2, -0.15) is 0 Å². The van der Waals surface area contributed by atoms with E-state index in [4.69, 9.17) is 9.15 Å². The third-order valence-corrected chi connectivity index (χ3v) is 4.57. The van der Waals surface area contributed by atoms with Crippen LogP contribution in [0.1, 0.15) is 47.5 Å². The Morgan fingerprint density at radius 1 is 0.967 bits per heavy atom. The maximum Gasteiger partial charge on any atom is 0.286 e. The van der Waals surface area contributed by atoms with Gasteiger partial charge in [-0.3, -0.25) is 9.59 Å². The molecule has 3 rings (SSSR count). The Hall–Kier alpha value is -3.54. The second-order valence-corrected chi connectivity index (χ2v) is 6.75. The number of benzene rings is 2. The quantitative estimate of drug-likeness (QED) is 0.497. The van der Waals surface area contributed by atoms with Gasteiger partial charge in [0.2, 0.25) is 5.91 Å². The molecule has 0 saturated carbocycles. The monoisotopic (exact) mass is 406 g/mol. The molecule has 2 amide bonds. The molecule has 30 heavy (non-hydrogen) atoms. The summed E-state index contributed by atoms with van der Waals surface area (Å²) in [5, 5.41) is 5.85. The van der Waals surface area contributed by atoms with E-state index in [0.717, 1.165) is 16.9 Å². The Balaban J connectivity index is 1.57. The van der Waals surface area contributed by atoms with Gasteiger partial charge in [0.15, 0.2) is 5.76 Å². The van der Waals surface area contributed by atoms with E-state index in [0.29, 0.717) is 26.0 Å². The molecule has 0 aliphatic carbocycles. The maximum absolute atomic E-state index is 12.6.